The van der Waals surface area contributed by atoms with Crippen molar-refractivity contribution < 1.29 is 29.0 Å². The van der Waals surface area contributed by atoms with Crippen molar-refractivity contribution in [1.29, 1.82) is 0 Å². The van der Waals surface area contributed by atoms with Gasteiger partial charge in [0.15, 0.2) is 21.2 Å². The number of methoxy groups -OCH3 is 1. The third-order valence-electron chi connectivity index (χ3n) is 9.22. The van der Waals surface area contributed by atoms with E-state index >= 15 is 0 Å². The van der Waals surface area contributed by atoms with Gasteiger partial charge in [-0.3, -0.25) is 29.0 Å². The number of alkyl halides is 3. The zero-order valence-electron chi connectivity index (χ0n) is 22.6. The molecule has 4 amide bonds. The first-order valence-corrected chi connectivity index (χ1v) is 16.1. The van der Waals surface area contributed by atoms with Crippen LogP contribution in [0, 0.1) is 17.8 Å². The molecule has 4 aliphatic rings. The van der Waals surface area contributed by atoms with Gasteiger partial charge in [0.2, 0.25) is 11.8 Å². The summed E-state index contributed by atoms with van der Waals surface area (Å²) < 4.78 is 5.92. The van der Waals surface area contributed by atoms with Crippen LogP contribution in [0.15, 0.2) is 52.5 Å². The first-order chi connectivity index (χ1) is 19.9. The smallest absolute Gasteiger partial charge is 0.254 e. The second-order valence-electron chi connectivity index (χ2n) is 11.1. The highest BCUT2D eigenvalue weighted by Gasteiger charge is 2.76. The Bertz CT molecular complexity index is 1580. The average Bonchev–Trinajstić information content (AvgIpc) is 3.31. The molecule has 2 aromatic rings. The molecule has 2 saturated heterocycles. The maximum atomic E-state index is 14.1. The summed E-state index contributed by atoms with van der Waals surface area (Å²) in [5.41, 5.74) is 2.21. The van der Waals surface area contributed by atoms with Gasteiger partial charge in [0.1, 0.15) is 0 Å². The molecule has 2 aliphatic carbocycles. The molecule has 2 aliphatic heterocycles. The molecule has 2 aromatic carbocycles. The minimum absolute atomic E-state index is 0.124. The molecule has 2 heterocycles. The Labute approximate surface area is 269 Å². The van der Waals surface area contributed by atoms with Gasteiger partial charge in [-0.15, -0.1) is 23.2 Å². The highest BCUT2D eigenvalue weighted by molar-refractivity contribution is 9.10. The number of fused-ring (bicyclic) bond motifs is 4. The van der Waals surface area contributed by atoms with E-state index in [-0.39, 0.29) is 41.3 Å². The number of imide groups is 2. The number of carbonyl (C=O) groups is 4. The molecule has 0 radical (unpaired) electrons. The molecule has 6 rings (SSSR count). The minimum atomic E-state index is -2.03. The monoisotopic (exact) mass is 738 g/mol. The summed E-state index contributed by atoms with van der Waals surface area (Å²) in [7, 11) is 1.39. The summed E-state index contributed by atoms with van der Waals surface area (Å²) in [6, 6.07) is 10.5. The van der Waals surface area contributed by atoms with Crippen molar-refractivity contribution in [2.24, 2.45) is 17.8 Å². The number of aryl methyl sites for hydroxylation is 1. The highest BCUT2D eigenvalue weighted by atomic mass is 79.9. The molecule has 3 fully saturated rings. The Hall–Kier alpha value is -2.40. The van der Waals surface area contributed by atoms with E-state index < -0.39 is 51.1 Å². The number of likely N-dealkylation sites (tertiary alicyclic amines) is 1. The molecule has 6 unspecified atom stereocenters. The molecular formula is C30H26Br2Cl2N2O6. The number of phenols is 1. The lowest BCUT2D eigenvalue weighted by Crippen LogP contribution is -2.60. The molecule has 1 N–H and O–H groups in total. The third-order valence-corrected chi connectivity index (χ3v) is 11.6. The van der Waals surface area contributed by atoms with Crippen molar-refractivity contribution in [1.82, 2.24) is 4.90 Å². The van der Waals surface area contributed by atoms with Crippen LogP contribution in [0.4, 0.5) is 5.69 Å². The summed E-state index contributed by atoms with van der Waals surface area (Å²) in [6.07, 6.45) is 2.73. The Balaban J connectivity index is 1.53. The Morgan fingerprint density at radius 3 is 2.36 bits per heavy atom. The van der Waals surface area contributed by atoms with E-state index in [0.717, 1.165) is 16.9 Å². The molecule has 220 valence electrons. The fourth-order valence-electron chi connectivity index (χ4n) is 7.20. The first-order valence-electron chi connectivity index (χ1n) is 13.5. The van der Waals surface area contributed by atoms with Crippen molar-refractivity contribution in [2.45, 2.75) is 41.9 Å². The lowest BCUT2D eigenvalue weighted by molar-refractivity contribution is -0.138. The van der Waals surface area contributed by atoms with Crippen LogP contribution in [-0.4, -0.2) is 55.9 Å². The van der Waals surface area contributed by atoms with Gasteiger partial charge in [-0.1, -0.05) is 62.6 Å². The molecular weight excluding hydrogens is 715 g/mol. The number of halogens is 4. The Morgan fingerprint density at radius 2 is 1.74 bits per heavy atom. The zero-order chi connectivity index (χ0) is 30.3. The van der Waals surface area contributed by atoms with Crippen molar-refractivity contribution in [3.63, 3.8) is 0 Å². The van der Waals surface area contributed by atoms with Crippen LogP contribution in [0.3, 0.4) is 0 Å². The molecule has 12 heteroatoms. The second-order valence-corrected chi connectivity index (χ2v) is 13.7. The molecule has 0 bridgehead atoms. The molecule has 8 nitrogen and oxygen atoms in total. The molecule has 0 aromatic heterocycles. The van der Waals surface area contributed by atoms with Gasteiger partial charge in [-0.25, -0.2) is 0 Å². The van der Waals surface area contributed by atoms with Crippen molar-refractivity contribution in [3.8, 4) is 11.5 Å². The van der Waals surface area contributed by atoms with Crippen LogP contribution < -0.4 is 9.64 Å². The van der Waals surface area contributed by atoms with E-state index in [1.165, 1.54) is 12.0 Å². The molecule has 6 atom stereocenters. The standard InChI is InChI=1S/C30H26Br2Cl2N2O6/c1-3-14-4-6-16(7-5-14)36-25(38)18-9-8-17-20(22(18)26(36)39)12-29(33)27(40)35(13-31)28(41)30(29,34)23(17)19-10-15(32)11-21(42-2)24(19)37/h4-8,10-11,18,20,22-23,37H,3,9,12-13H2,1-2H3. The second kappa shape index (κ2) is 10.4. The number of allylic oxidation sites excluding steroid dienone is 2. The number of phenolic OH excluding ortho intramolecular Hbond substituents is 1. The summed E-state index contributed by atoms with van der Waals surface area (Å²) in [4.78, 5) is 53.8. The van der Waals surface area contributed by atoms with Crippen molar-refractivity contribution in [3.05, 3.63) is 63.6 Å². The topological polar surface area (TPSA) is 104 Å². The van der Waals surface area contributed by atoms with E-state index in [9.17, 15) is 24.3 Å². The number of ether oxygens (including phenoxy) is 1. The number of rotatable bonds is 5. The lowest BCUT2D eigenvalue weighted by atomic mass is 9.56. The van der Waals surface area contributed by atoms with Crippen LogP contribution in [0.5, 0.6) is 11.5 Å². The van der Waals surface area contributed by atoms with Gasteiger partial charge >= 0.3 is 0 Å². The number of anilines is 1. The fourth-order valence-corrected chi connectivity index (χ4v) is 9.08. The summed E-state index contributed by atoms with van der Waals surface area (Å²) in [5, 5.41) is 11.3. The quantitative estimate of drug-likeness (QED) is 0.184. The number of carbonyl (C=O) groups excluding carboxylic acids is 4. The first kappa shape index (κ1) is 29.7. The lowest BCUT2D eigenvalue weighted by Gasteiger charge is -2.50. The normalized spacial score (nSPS) is 32.1. The third kappa shape index (κ3) is 3.84. The van der Waals surface area contributed by atoms with Crippen molar-refractivity contribution >= 4 is 84.4 Å². The summed E-state index contributed by atoms with van der Waals surface area (Å²) in [6.45, 7) is 2.02. The SMILES string of the molecule is CCc1ccc(N2C(=O)C3CC=C4C(CC5(Cl)C(=O)N(CBr)C(=O)C5(Cl)C4c4cc(Br)cc(OC)c4O)C3C2=O)cc1. The van der Waals surface area contributed by atoms with Gasteiger partial charge in [0.05, 0.1) is 30.1 Å². The van der Waals surface area contributed by atoms with Crippen LogP contribution in [0.2, 0.25) is 0 Å². The fraction of sp³-hybridized carbons (Fsp3) is 0.400. The summed E-state index contributed by atoms with van der Waals surface area (Å²) >= 11 is 21.2. The number of hydrogen-bond donors (Lipinski definition) is 1. The summed E-state index contributed by atoms with van der Waals surface area (Å²) in [5.74, 6) is -5.58. The predicted octanol–water partition coefficient (Wildman–Crippen LogP) is 5.64. The Morgan fingerprint density at radius 1 is 1.05 bits per heavy atom. The molecule has 1 saturated carbocycles. The number of aromatic hydroxyl groups is 1. The van der Waals surface area contributed by atoms with Crippen LogP contribution in [0.25, 0.3) is 0 Å². The van der Waals surface area contributed by atoms with Crippen LogP contribution >= 0.6 is 55.1 Å². The van der Waals surface area contributed by atoms with E-state index in [1.807, 2.05) is 25.1 Å². The number of nitrogens with zero attached hydrogens (tertiary/aromatic N) is 2. The van der Waals surface area contributed by atoms with Gasteiger partial charge in [0, 0.05) is 16.0 Å². The zero-order valence-corrected chi connectivity index (χ0v) is 27.3. The maximum absolute atomic E-state index is 14.1. The Kier molecular flexibility index (Phi) is 7.31. The van der Waals surface area contributed by atoms with Gasteiger partial charge in [-0.2, -0.15) is 0 Å². The van der Waals surface area contributed by atoms with Crippen LogP contribution in [0.1, 0.15) is 36.8 Å². The van der Waals surface area contributed by atoms with E-state index in [2.05, 4.69) is 31.9 Å². The number of hydrogen-bond acceptors (Lipinski definition) is 6. The minimum Gasteiger partial charge on any atom is -0.504 e. The van der Waals surface area contributed by atoms with Gasteiger partial charge < -0.3 is 9.84 Å². The van der Waals surface area contributed by atoms with Crippen molar-refractivity contribution in [2.75, 3.05) is 17.5 Å². The predicted molar refractivity (Wildman–Crippen MR) is 164 cm³/mol. The molecule has 42 heavy (non-hydrogen) atoms. The van der Waals surface area contributed by atoms with E-state index in [4.69, 9.17) is 27.9 Å². The largest absolute Gasteiger partial charge is 0.504 e. The van der Waals surface area contributed by atoms with Gasteiger partial charge in [0.25, 0.3) is 11.8 Å². The maximum Gasteiger partial charge on any atom is 0.254 e. The number of benzene rings is 2. The average molecular weight is 741 g/mol. The van der Waals surface area contributed by atoms with Gasteiger partial charge in [-0.05, 0) is 55.0 Å². The molecule has 0 spiro atoms. The van der Waals surface area contributed by atoms with E-state index in [1.54, 1.807) is 24.3 Å². The number of amides is 4. The highest BCUT2D eigenvalue weighted by Crippen LogP contribution is 2.66. The van der Waals surface area contributed by atoms with Crippen LogP contribution in [-0.2, 0) is 25.6 Å². The van der Waals surface area contributed by atoms with E-state index in [0.29, 0.717) is 15.7 Å².